The lowest BCUT2D eigenvalue weighted by molar-refractivity contribution is 0.102. The van der Waals surface area contributed by atoms with Crippen LogP contribution in [-0.2, 0) is 0 Å². The molecule has 0 radical (unpaired) electrons. The molecular weight excluding hydrogens is 211 g/mol. The fourth-order valence-corrected chi connectivity index (χ4v) is 1.23. The number of carbonyl (C=O) groups is 1. The van der Waals surface area contributed by atoms with Crippen molar-refractivity contribution in [3.63, 3.8) is 0 Å². The molecule has 0 bridgehead atoms. The van der Waals surface area contributed by atoms with E-state index in [-0.39, 0.29) is 5.56 Å². The molecule has 2 aromatic rings. The number of pyridine rings is 1. The maximum atomic E-state index is 13.2. The summed E-state index contributed by atoms with van der Waals surface area (Å²) in [5.74, 6) is -0.850. The second-order valence-electron chi connectivity index (χ2n) is 3.25. The van der Waals surface area contributed by atoms with Crippen molar-refractivity contribution in [2.45, 2.75) is 6.92 Å². The van der Waals surface area contributed by atoms with Crippen LogP contribution in [0.4, 0.5) is 10.2 Å². The average Bonchev–Trinajstić information content (AvgIpc) is 2.64. The van der Waals surface area contributed by atoms with Crippen LogP contribution < -0.4 is 5.32 Å². The second kappa shape index (κ2) is 4.09. The van der Waals surface area contributed by atoms with E-state index in [1.165, 1.54) is 12.3 Å². The molecule has 0 fully saturated rings. The van der Waals surface area contributed by atoms with E-state index in [4.69, 9.17) is 0 Å². The summed E-state index contributed by atoms with van der Waals surface area (Å²) in [4.78, 5) is 15.2. The quantitative estimate of drug-likeness (QED) is 0.805. The molecule has 0 saturated heterocycles. The van der Waals surface area contributed by atoms with Crippen LogP contribution in [0.25, 0.3) is 0 Å². The molecule has 2 N–H and O–H groups in total. The summed E-state index contributed by atoms with van der Waals surface area (Å²) in [6, 6.07) is 2.96. The zero-order valence-corrected chi connectivity index (χ0v) is 8.49. The number of nitrogens with one attached hydrogen (secondary N) is 2. The summed E-state index contributed by atoms with van der Waals surface area (Å²) in [5, 5.41) is 8.96. The highest BCUT2D eigenvalue weighted by molar-refractivity contribution is 6.03. The smallest absolute Gasteiger partial charge is 0.259 e. The third-order valence-corrected chi connectivity index (χ3v) is 1.96. The maximum absolute atomic E-state index is 13.2. The highest BCUT2D eigenvalue weighted by Gasteiger charge is 2.12. The van der Waals surface area contributed by atoms with E-state index in [1.54, 1.807) is 13.0 Å². The predicted octanol–water partition coefficient (Wildman–Crippen LogP) is 1.50. The Hall–Kier alpha value is -2.24. The molecular formula is C10H9FN4O. The minimum absolute atomic E-state index is 0.0596. The van der Waals surface area contributed by atoms with Crippen molar-refractivity contribution in [2.24, 2.45) is 0 Å². The van der Waals surface area contributed by atoms with Gasteiger partial charge in [0.15, 0.2) is 11.6 Å². The van der Waals surface area contributed by atoms with Gasteiger partial charge in [0.05, 0.1) is 11.8 Å². The Kier molecular flexibility index (Phi) is 2.63. The topological polar surface area (TPSA) is 70.7 Å². The van der Waals surface area contributed by atoms with Gasteiger partial charge in [0.1, 0.15) is 0 Å². The van der Waals surface area contributed by atoms with Crippen molar-refractivity contribution in [3.8, 4) is 0 Å². The summed E-state index contributed by atoms with van der Waals surface area (Å²) in [5.41, 5.74) is 0.751. The summed E-state index contributed by atoms with van der Waals surface area (Å²) >= 11 is 0. The molecule has 6 heteroatoms. The van der Waals surface area contributed by atoms with Gasteiger partial charge in [0.25, 0.3) is 5.91 Å². The van der Waals surface area contributed by atoms with E-state index in [9.17, 15) is 9.18 Å². The van der Waals surface area contributed by atoms with Gasteiger partial charge in [-0.05, 0) is 13.0 Å². The van der Waals surface area contributed by atoms with Gasteiger partial charge in [0.2, 0.25) is 0 Å². The van der Waals surface area contributed by atoms with E-state index in [0.29, 0.717) is 5.82 Å². The van der Waals surface area contributed by atoms with E-state index in [0.717, 1.165) is 11.9 Å². The molecule has 2 heterocycles. The third-order valence-electron chi connectivity index (χ3n) is 1.96. The molecule has 0 atom stereocenters. The largest absolute Gasteiger partial charge is 0.305 e. The van der Waals surface area contributed by atoms with E-state index in [2.05, 4.69) is 20.5 Å². The maximum Gasteiger partial charge on any atom is 0.259 e. The zero-order valence-electron chi connectivity index (χ0n) is 8.49. The Bertz CT molecular complexity index is 523. The van der Waals surface area contributed by atoms with Crippen molar-refractivity contribution in [1.82, 2.24) is 15.2 Å². The molecule has 0 aliphatic rings. The number of hydrogen-bond donors (Lipinski definition) is 2. The Morgan fingerprint density at radius 3 is 3.00 bits per heavy atom. The predicted molar refractivity (Wildman–Crippen MR) is 55.5 cm³/mol. The number of hydrogen-bond acceptors (Lipinski definition) is 3. The van der Waals surface area contributed by atoms with Gasteiger partial charge in [0, 0.05) is 18.0 Å². The van der Waals surface area contributed by atoms with Crippen LogP contribution in [0.1, 0.15) is 16.1 Å². The number of halogens is 1. The SMILES string of the molecule is Cc1cc(NC(=O)c2ccncc2F)n[nH]1. The fraction of sp³-hybridized carbons (Fsp3) is 0.100. The number of aromatic nitrogens is 3. The van der Waals surface area contributed by atoms with Crippen LogP contribution in [0, 0.1) is 12.7 Å². The van der Waals surface area contributed by atoms with Crippen molar-refractivity contribution >= 4 is 11.7 Å². The van der Waals surface area contributed by atoms with Crippen LogP contribution in [0.2, 0.25) is 0 Å². The number of carbonyl (C=O) groups excluding carboxylic acids is 1. The van der Waals surface area contributed by atoms with Gasteiger partial charge in [-0.1, -0.05) is 0 Å². The number of anilines is 1. The van der Waals surface area contributed by atoms with Crippen LogP contribution in [0.3, 0.4) is 0 Å². The number of H-pyrrole nitrogens is 1. The first-order chi connectivity index (χ1) is 7.66. The molecule has 0 unspecified atom stereocenters. The normalized spacial score (nSPS) is 10.1. The van der Waals surface area contributed by atoms with Crippen molar-refractivity contribution < 1.29 is 9.18 Å². The first-order valence-electron chi connectivity index (χ1n) is 4.59. The van der Waals surface area contributed by atoms with Gasteiger partial charge in [-0.3, -0.25) is 14.9 Å². The number of aromatic amines is 1. The van der Waals surface area contributed by atoms with Gasteiger partial charge in [-0.2, -0.15) is 5.10 Å². The molecule has 1 amide bonds. The van der Waals surface area contributed by atoms with Gasteiger partial charge in [-0.15, -0.1) is 0 Å². The van der Waals surface area contributed by atoms with Crippen LogP contribution in [0.15, 0.2) is 24.5 Å². The lowest BCUT2D eigenvalue weighted by Gasteiger charge is -2.01. The summed E-state index contributed by atoms with van der Waals surface area (Å²) in [7, 11) is 0. The lowest BCUT2D eigenvalue weighted by atomic mass is 10.2. The van der Waals surface area contributed by atoms with E-state index in [1.807, 2.05) is 0 Å². The molecule has 0 aliphatic carbocycles. The van der Waals surface area contributed by atoms with Crippen LogP contribution in [0.5, 0.6) is 0 Å². The summed E-state index contributed by atoms with van der Waals surface area (Å²) in [6.45, 7) is 1.80. The van der Waals surface area contributed by atoms with Crippen LogP contribution in [-0.4, -0.2) is 21.1 Å². The molecule has 0 spiro atoms. The Morgan fingerprint density at radius 2 is 2.38 bits per heavy atom. The number of amides is 1. The van der Waals surface area contributed by atoms with Gasteiger partial charge < -0.3 is 5.32 Å². The molecule has 5 nitrogen and oxygen atoms in total. The summed E-state index contributed by atoms with van der Waals surface area (Å²) in [6.07, 6.45) is 2.35. The molecule has 2 aromatic heterocycles. The second-order valence-corrected chi connectivity index (χ2v) is 3.25. The lowest BCUT2D eigenvalue weighted by Crippen LogP contribution is -2.14. The van der Waals surface area contributed by atoms with E-state index >= 15 is 0 Å². The fourth-order valence-electron chi connectivity index (χ4n) is 1.23. The first kappa shape index (κ1) is 10.3. The first-order valence-corrected chi connectivity index (χ1v) is 4.59. The number of nitrogens with zero attached hydrogens (tertiary/aromatic N) is 2. The Balaban J connectivity index is 2.18. The zero-order chi connectivity index (χ0) is 11.5. The standard InChI is InChI=1S/C10H9FN4O/c1-6-4-9(15-14-6)13-10(16)7-2-3-12-5-8(7)11/h2-5H,1H3,(H2,13,14,15,16). The highest BCUT2D eigenvalue weighted by atomic mass is 19.1. The highest BCUT2D eigenvalue weighted by Crippen LogP contribution is 2.09. The molecule has 0 aromatic carbocycles. The molecule has 0 saturated carbocycles. The van der Waals surface area contributed by atoms with Gasteiger partial charge in [-0.25, -0.2) is 4.39 Å². The average molecular weight is 220 g/mol. The van der Waals surface area contributed by atoms with Gasteiger partial charge >= 0.3 is 0 Å². The minimum atomic E-state index is -0.660. The Morgan fingerprint density at radius 1 is 1.56 bits per heavy atom. The summed E-state index contributed by atoms with van der Waals surface area (Å²) < 4.78 is 13.2. The molecule has 16 heavy (non-hydrogen) atoms. The molecule has 0 aliphatic heterocycles. The van der Waals surface area contributed by atoms with Crippen molar-refractivity contribution in [2.75, 3.05) is 5.32 Å². The van der Waals surface area contributed by atoms with Crippen molar-refractivity contribution in [1.29, 1.82) is 0 Å². The molecule has 2 rings (SSSR count). The Labute approximate surface area is 90.7 Å². The van der Waals surface area contributed by atoms with Crippen LogP contribution >= 0.6 is 0 Å². The monoisotopic (exact) mass is 220 g/mol. The van der Waals surface area contributed by atoms with E-state index < -0.39 is 11.7 Å². The number of aryl methyl sites for hydroxylation is 1. The third kappa shape index (κ3) is 2.05. The molecule has 82 valence electrons. The van der Waals surface area contributed by atoms with Crippen molar-refractivity contribution in [3.05, 3.63) is 41.6 Å². The minimum Gasteiger partial charge on any atom is -0.305 e. The number of rotatable bonds is 2.